The lowest BCUT2D eigenvalue weighted by Crippen LogP contribution is -2.42. The van der Waals surface area contributed by atoms with Crippen LogP contribution in [0.1, 0.15) is 31.2 Å². The second-order valence-electron chi connectivity index (χ2n) is 5.09. The van der Waals surface area contributed by atoms with Gasteiger partial charge >= 0.3 is 0 Å². The molecular weight excluding hydrogens is 276 g/mol. The number of aromatic nitrogens is 1. The van der Waals surface area contributed by atoms with E-state index in [1.165, 1.54) is 6.08 Å². The zero-order valence-electron chi connectivity index (χ0n) is 11.3. The Morgan fingerprint density at radius 1 is 1.50 bits per heavy atom. The van der Waals surface area contributed by atoms with Gasteiger partial charge in [-0.05, 0) is 36.6 Å². The zero-order valence-corrected chi connectivity index (χ0v) is 12.0. The van der Waals surface area contributed by atoms with Crippen molar-refractivity contribution in [2.75, 3.05) is 6.61 Å². The van der Waals surface area contributed by atoms with Crippen LogP contribution in [0.2, 0.25) is 5.15 Å². The van der Waals surface area contributed by atoms with Gasteiger partial charge in [-0.15, -0.1) is 0 Å². The summed E-state index contributed by atoms with van der Waals surface area (Å²) in [5.74, 6) is 0.0414. The smallest absolute Gasteiger partial charge is 0.244 e. The van der Waals surface area contributed by atoms with Crippen LogP contribution in [-0.4, -0.2) is 28.6 Å². The van der Waals surface area contributed by atoms with Gasteiger partial charge in [0, 0.05) is 30.8 Å². The summed E-state index contributed by atoms with van der Waals surface area (Å²) in [4.78, 5) is 15.8. The number of carbonyl (C=O) groups excluding carboxylic acids is 1. The molecule has 1 amide bonds. The molecular formula is C15H19ClN2O2. The molecule has 0 spiro atoms. The summed E-state index contributed by atoms with van der Waals surface area (Å²) < 4.78 is 0. The van der Waals surface area contributed by atoms with E-state index in [4.69, 9.17) is 11.6 Å². The number of nitrogens with one attached hydrogen (secondary N) is 1. The minimum atomic E-state index is -0.136. The second-order valence-corrected chi connectivity index (χ2v) is 5.47. The van der Waals surface area contributed by atoms with Gasteiger partial charge in [0.1, 0.15) is 5.15 Å². The van der Waals surface area contributed by atoms with E-state index >= 15 is 0 Å². The molecule has 0 bridgehead atoms. The van der Waals surface area contributed by atoms with E-state index in [2.05, 4.69) is 10.3 Å². The lowest BCUT2D eigenvalue weighted by Gasteiger charge is -2.30. The number of nitrogens with zero attached hydrogens (tertiary/aromatic N) is 1. The molecule has 2 atom stereocenters. The Balaban J connectivity index is 1.91. The first-order valence-corrected chi connectivity index (χ1v) is 7.28. The number of pyridine rings is 1. The fourth-order valence-electron chi connectivity index (χ4n) is 2.54. The quantitative estimate of drug-likeness (QED) is 0.662. The first kappa shape index (κ1) is 15.0. The molecule has 0 aromatic carbocycles. The van der Waals surface area contributed by atoms with E-state index in [-0.39, 0.29) is 24.5 Å². The number of aliphatic hydroxyl groups excluding tert-OH is 1. The predicted molar refractivity (Wildman–Crippen MR) is 79.3 cm³/mol. The molecule has 2 rings (SSSR count). The predicted octanol–water partition coefficient (Wildman–Crippen LogP) is 2.42. The molecule has 2 unspecified atom stereocenters. The Labute approximate surface area is 123 Å². The lowest BCUT2D eigenvalue weighted by molar-refractivity contribution is -0.117. The minimum absolute atomic E-state index is 0.0759. The Bertz CT molecular complexity index is 491. The molecule has 108 valence electrons. The van der Waals surface area contributed by atoms with Crippen molar-refractivity contribution in [1.29, 1.82) is 0 Å². The molecule has 1 aromatic heterocycles. The lowest BCUT2D eigenvalue weighted by atomic mass is 9.85. The van der Waals surface area contributed by atoms with Gasteiger partial charge in [-0.3, -0.25) is 4.79 Å². The van der Waals surface area contributed by atoms with E-state index in [0.29, 0.717) is 5.15 Å². The van der Waals surface area contributed by atoms with Crippen molar-refractivity contribution in [2.24, 2.45) is 5.92 Å². The second kappa shape index (κ2) is 7.41. The number of hydrogen-bond donors (Lipinski definition) is 2. The van der Waals surface area contributed by atoms with Crippen molar-refractivity contribution in [3.05, 3.63) is 35.1 Å². The number of rotatable bonds is 4. The summed E-state index contributed by atoms with van der Waals surface area (Å²) >= 11 is 5.78. The molecule has 1 saturated carbocycles. The van der Waals surface area contributed by atoms with Gasteiger partial charge in [-0.1, -0.05) is 24.4 Å². The average molecular weight is 295 g/mol. The van der Waals surface area contributed by atoms with Crippen LogP contribution in [0, 0.1) is 5.92 Å². The van der Waals surface area contributed by atoms with Crippen LogP contribution in [0.25, 0.3) is 6.08 Å². The van der Waals surface area contributed by atoms with Gasteiger partial charge in [-0.2, -0.15) is 0 Å². The normalized spacial score (nSPS) is 22.9. The van der Waals surface area contributed by atoms with E-state index in [1.54, 1.807) is 24.4 Å². The summed E-state index contributed by atoms with van der Waals surface area (Å²) in [5, 5.41) is 12.7. The number of amides is 1. The Morgan fingerprint density at radius 2 is 2.30 bits per heavy atom. The van der Waals surface area contributed by atoms with Crippen LogP contribution in [0.5, 0.6) is 0 Å². The largest absolute Gasteiger partial charge is 0.396 e. The maximum Gasteiger partial charge on any atom is 0.244 e. The van der Waals surface area contributed by atoms with Crippen LogP contribution in [-0.2, 0) is 4.79 Å². The first-order chi connectivity index (χ1) is 9.69. The highest BCUT2D eigenvalue weighted by atomic mass is 35.5. The number of aliphatic hydroxyl groups is 1. The van der Waals surface area contributed by atoms with Gasteiger partial charge in [0.15, 0.2) is 0 Å². The maximum absolute atomic E-state index is 11.9. The highest BCUT2D eigenvalue weighted by molar-refractivity contribution is 6.29. The van der Waals surface area contributed by atoms with Crippen LogP contribution < -0.4 is 5.32 Å². The highest BCUT2D eigenvalue weighted by Crippen LogP contribution is 2.23. The van der Waals surface area contributed by atoms with Gasteiger partial charge in [0.05, 0.1) is 0 Å². The van der Waals surface area contributed by atoms with Gasteiger partial charge in [0.25, 0.3) is 0 Å². The molecule has 0 saturated heterocycles. The standard InChI is InChI=1S/C15H19ClN2O2/c16-14-9-11(7-8-17-14)5-6-15(20)18-13-4-2-1-3-12(13)10-19/h5-9,12-13,19H,1-4,10H2,(H,18,20)/b6-5+. The fourth-order valence-corrected chi connectivity index (χ4v) is 2.72. The summed E-state index contributed by atoms with van der Waals surface area (Å²) in [6, 6.07) is 3.56. The summed E-state index contributed by atoms with van der Waals surface area (Å²) in [5.41, 5.74) is 0.836. The van der Waals surface area contributed by atoms with Crippen LogP contribution in [0.3, 0.4) is 0 Å². The van der Waals surface area contributed by atoms with Crippen molar-refractivity contribution in [1.82, 2.24) is 10.3 Å². The van der Waals surface area contributed by atoms with Crippen molar-refractivity contribution in [3.63, 3.8) is 0 Å². The monoisotopic (exact) mass is 294 g/mol. The molecule has 0 aliphatic heterocycles. The third kappa shape index (κ3) is 4.32. The van der Waals surface area contributed by atoms with Crippen molar-refractivity contribution >= 4 is 23.6 Å². The fraction of sp³-hybridized carbons (Fsp3) is 0.467. The molecule has 2 N–H and O–H groups in total. The van der Waals surface area contributed by atoms with Crippen molar-refractivity contribution < 1.29 is 9.90 Å². The number of carbonyl (C=O) groups is 1. The summed E-state index contributed by atoms with van der Waals surface area (Å²) in [6.07, 6.45) is 8.95. The van der Waals surface area contributed by atoms with E-state index in [0.717, 1.165) is 31.2 Å². The van der Waals surface area contributed by atoms with Crippen molar-refractivity contribution in [2.45, 2.75) is 31.7 Å². The maximum atomic E-state index is 11.9. The molecule has 1 fully saturated rings. The van der Waals surface area contributed by atoms with E-state index in [1.807, 2.05) is 0 Å². The minimum Gasteiger partial charge on any atom is -0.396 e. The van der Waals surface area contributed by atoms with Gasteiger partial charge in [-0.25, -0.2) is 4.98 Å². The Morgan fingerprint density at radius 3 is 3.05 bits per heavy atom. The number of hydrogen-bond acceptors (Lipinski definition) is 3. The van der Waals surface area contributed by atoms with Crippen LogP contribution in [0.15, 0.2) is 24.4 Å². The molecule has 5 heteroatoms. The average Bonchev–Trinajstić information content (AvgIpc) is 2.46. The molecule has 1 aromatic rings. The van der Waals surface area contributed by atoms with Crippen LogP contribution in [0.4, 0.5) is 0 Å². The van der Waals surface area contributed by atoms with E-state index in [9.17, 15) is 9.90 Å². The third-order valence-corrected chi connectivity index (χ3v) is 3.86. The molecule has 1 heterocycles. The summed E-state index contributed by atoms with van der Waals surface area (Å²) in [6.45, 7) is 0.134. The first-order valence-electron chi connectivity index (χ1n) is 6.90. The molecule has 0 radical (unpaired) electrons. The SMILES string of the molecule is O=C(/C=C/c1ccnc(Cl)c1)NC1CCCCC1CO. The topological polar surface area (TPSA) is 62.2 Å². The zero-order chi connectivity index (χ0) is 14.4. The van der Waals surface area contributed by atoms with E-state index < -0.39 is 0 Å². The Kier molecular flexibility index (Phi) is 5.56. The third-order valence-electron chi connectivity index (χ3n) is 3.65. The molecule has 1 aliphatic carbocycles. The highest BCUT2D eigenvalue weighted by Gasteiger charge is 2.25. The number of halogens is 1. The van der Waals surface area contributed by atoms with Crippen LogP contribution >= 0.6 is 11.6 Å². The molecule has 1 aliphatic rings. The van der Waals surface area contributed by atoms with Gasteiger partial charge in [0.2, 0.25) is 5.91 Å². The summed E-state index contributed by atoms with van der Waals surface area (Å²) in [7, 11) is 0. The molecule has 4 nitrogen and oxygen atoms in total. The Hall–Kier alpha value is -1.39. The van der Waals surface area contributed by atoms with Gasteiger partial charge < -0.3 is 10.4 Å². The molecule has 20 heavy (non-hydrogen) atoms. The van der Waals surface area contributed by atoms with Crippen molar-refractivity contribution in [3.8, 4) is 0 Å².